The van der Waals surface area contributed by atoms with E-state index >= 15 is 0 Å². The van der Waals surface area contributed by atoms with Gasteiger partial charge in [0.1, 0.15) is 5.71 Å². The van der Waals surface area contributed by atoms with E-state index in [1.165, 1.54) is 0 Å². The van der Waals surface area contributed by atoms with Crippen LogP contribution in [0, 0.1) is 0 Å². The van der Waals surface area contributed by atoms with Crippen LogP contribution in [0.3, 0.4) is 0 Å². The molecule has 1 aliphatic heterocycles. The molecule has 1 heterocycles. The third-order valence-corrected chi connectivity index (χ3v) is 2.89. The molecular weight excluding hydrogens is 210 g/mol. The van der Waals surface area contributed by atoms with Crippen molar-refractivity contribution in [3.05, 3.63) is 65.7 Å². The van der Waals surface area contributed by atoms with Crippen molar-refractivity contribution in [1.29, 1.82) is 0 Å². The molecule has 17 heavy (non-hydrogen) atoms. The molecule has 0 radical (unpaired) electrons. The normalized spacial score (nSPS) is 14.1. The maximum absolute atomic E-state index is 12.0. The first-order valence-electron chi connectivity index (χ1n) is 5.60. The Morgan fingerprint density at radius 2 is 1.59 bits per heavy atom. The molecule has 0 N–H and O–H groups in total. The van der Waals surface area contributed by atoms with Crippen molar-refractivity contribution in [2.75, 3.05) is 0 Å². The standard InChI is InChI=1S/C15H11NO/c17-14-10-12-8-4-5-9-13(12)16-15(14)11-6-2-1-3-7-11/h1-9H,10H2. The van der Waals surface area contributed by atoms with Gasteiger partial charge in [-0.3, -0.25) is 4.79 Å². The van der Waals surface area contributed by atoms with E-state index in [0.717, 1.165) is 16.8 Å². The highest BCUT2D eigenvalue weighted by molar-refractivity contribution is 6.47. The van der Waals surface area contributed by atoms with E-state index in [1.807, 2.05) is 54.6 Å². The third kappa shape index (κ3) is 1.78. The van der Waals surface area contributed by atoms with Gasteiger partial charge in [-0.05, 0) is 11.6 Å². The van der Waals surface area contributed by atoms with Crippen LogP contribution < -0.4 is 0 Å². The fourth-order valence-electron chi connectivity index (χ4n) is 2.03. The maximum Gasteiger partial charge on any atom is 0.186 e. The number of ketones is 1. The van der Waals surface area contributed by atoms with Crippen molar-refractivity contribution in [2.24, 2.45) is 4.99 Å². The summed E-state index contributed by atoms with van der Waals surface area (Å²) < 4.78 is 0. The van der Waals surface area contributed by atoms with Gasteiger partial charge in [-0.1, -0.05) is 48.5 Å². The third-order valence-electron chi connectivity index (χ3n) is 2.89. The van der Waals surface area contributed by atoms with E-state index < -0.39 is 0 Å². The van der Waals surface area contributed by atoms with Gasteiger partial charge in [0.05, 0.1) is 5.69 Å². The van der Waals surface area contributed by atoms with Crippen LogP contribution in [0.15, 0.2) is 59.6 Å². The molecule has 2 nitrogen and oxygen atoms in total. The summed E-state index contributed by atoms with van der Waals surface area (Å²) in [6.07, 6.45) is 0.448. The second-order valence-corrected chi connectivity index (χ2v) is 4.06. The number of nitrogens with zero attached hydrogens (tertiary/aromatic N) is 1. The highest BCUT2D eigenvalue weighted by Gasteiger charge is 2.20. The summed E-state index contributed by atoms with van der Waals surface area (Å²) in [7, 11) is 0. The van der Waals surface area contributed by atoms with Crippen LogP contribution >= 0.6 is 0 Å². The SMILES string of the molecule is O=C1Cc2ccccc2N=C1c1ccccc1. The highest BCUT2D eigenvalue weighted by atomic mass is 16.1. The first-order valence-corrected chi connectivity index (χ1v) is 5.60. The van der Waals surface area contributed by atoms with Gasteiger partial charge in [-0.2, -0.15) is 0 Å². The molecule has 0 spiro atoms. The van der Waals surface area contributed by atoms with Crippen molar-refractivity contribution < 1.29 is 4.79 Å². The van der Waals surface area contributed by atoms with Crippen LogP contribution in [0.25, 0.3) is 0 Å². The number of rotatable bonds is 1. The highest BCUT2D eigenvalue weighted by Crippen LogP contribution is 2.25. The summed E-state index contributed by atoms with van der Waals surface area (Å²) in [6, 6.07) is 17.4. The predicted octanol–water partition coefficient (Wildman–Crippen LogP) is 2.93. The molecule has 0 fully saturated rings. The van der Waals surface area contributed by atoms with Gasteiger partial charge in [0.25, 0.3) is 0 Å². The van der Waals surface area contributed by atoms with Gasteiger partial charge in [-0.15, -0.1) is 0 Å². The Morgan fingerprint density at radius 1 is 0.882 bits per heavy atom. The molecule has 2 heteroatoms. The van der Waals surface area contributed by atoms with Crippen molar-refractivity contribution in [1.82, 2.24) is 0 Å². The molecule has 3 rings (SSSR count). The first kappa shape index (κ1) is 9.97. The van der Waals surface area contributed by atoms with Crippen LogP contribution in [-0.4, -0.2) is 11.5 Å². The second kappa shape index (κ2) is 3.98. The van der Waals surface area contributed by atoms with Crippen molar-refractivity contribution in [3.63, 3.8) is 0 Å². The fourth-order valence-corrected chi connectivity index (χ4v) is 2.03. The molecule has 2 aromatic carbocycles. The number of Topliss-reactive ketones (excluding diaryl/α,β-unsaturated/α-hetero) is 1. The lowest BCUT2D eigenvalue weighted by Crippen LogP contribution is -2.20. The van der Waals surface area contributed by atoms with Crippen molar-refractivity contribution >= 4 is 17.2 Å². The predicted molar refractivity (Wildman–Crippen MR) is 67.8 cm³/mol. The van der Waals surface area contributed by atoms with Gasteiger partial charge >= 0.3 is 0 Å². The minimum atomic E-state index is 0.0925. The monoisotopic (exact) mass is 221 g/mol. The molecule has 1 aliphatic rings. The summed E-state index contributed by atoms with van der Waals surface area (Å²) in [6.45, 7) is 0. The molecular formula is C15H11NO. The zero-order valence-electron chi connectivity index (χ0n) is 9.26. The molecule has 0 aromatic heterocycles. The van der Waals surface area contributed by atoms with E-state index in [1.54, 1.807) is 0 Å². The number of hydrogen-bond donors (Lipinski definition) is 0. The van der Waals surface area contributed by atoms with Crippen LogP contribution in [-0.2, 0) is 11.2 Å². The molecule has 0 amide bonds. The average molecular weight is 221 g/mol. The fraction of sp³-hybridized carbons (Fsp3) is 0.0667. The van der Waals surface area contributed by atoms with Crippen LogP contribution in [0.4, 0.5) is 5.69 Å². The summed E-state index contributed by atoms with van der Waals surface area (Å²) in [5, 5.41) is 0. The number of hydrogen-bond acceptors (Lipinski definition) is 2. The summed E-state index contributed by atoms with van der Waals surface area (Å²) >= 11 is 0. The van der Waals surface area contributed by atoms with E-state index in [9.17, 15) is 4.79 Å². The lowest BCUT2D eigenvalue weighted by Gasteiger charge is -2.14. The number of benzene rings is 2. The minimum absolute atomic E-state index is 0.0925. The zero-order chi connectivity index (χ0) is 11.7. The molecule has 0 saturated heterocycles. The molecule has 0 bridgehead atoms. The maximum atomic E-state index is 12.0. The number of carbonyl (C=O) groups is 1. The summed E-state index contributed by atoms with van der Waals surface area (Å²) in [5.41, 5.74) is 3.39. The lowest BCUT2D eigenvalue weighted by atomic mass is 9.96. The Morgan fingerprint density at radius 3 is 2.41 bits per heavy atom. The van der Waals surface area contributed by atoms with Crippen molar-refractivity contribution in [3.8, 4) is 0 Å². The largest absolute Gasteiger partial charge is 0.292 e. The Kier molecular flexibility index (Phi) is 2.33. The van der Waals surface area contributed by atoms with E-state index in [2.05, 4.69) is 4.99 Å². The molecule has 0 unspecified atom stereocenters. The summed E-state index contributed by atoms with van der Waals surface area (Å²) in [4.78, 5) is 16.5. The van der Waals surface area contributed by atoms with E-state index in [4.69, 9.17) is 0 Å². The van der Waals surface area contributed by atoms with Gasteiger partial charge in [0.2, 0.25) is 0 Å². The Balaban J connectivity index is 2.13. The van der Waals surface area contributed by atoms with Crippen LogP contribution in [0.5, 0.6) is 0 Å². The summed E-state index contributed by atoms with van der Waals surface area (Å²) in [5.74, 6) is 0.0925. The van der Waals surface area contributed by atoms with Gasteiger partial charge < -0.3 is 0 Å². The number of fused-ring (bicyclic) bond motifs is 1. The van der Waals surface area contributed by atoms with Gasteiger partial charge in [0.15, 0.2) is 5.78 Å². The minimum Gasteiger partial charge on any atom is -0.292 e. The first-order chi connectivity index (χ1) is 8.34. The molecule has 0 saturated carbocycles. The molecule has 2 aromatic rings. The molecule has 82 valence electrons. The Bertz CT molecular complexity index is 599. The average Bonchev–Trinajstić information content (AvgIpc) is 2.39. The van der Waals surface area contributed by atoms with Crippen LogP contribution in [0.1, 0.15) is 11.1 Å². The smallest absolute Gasteiger partial charge is 0.186 e. The van der Waals surface area contributed by atoms with Gasteiger partial charge in [0, 0.05) is 12.0 Å². The van der Waals surface area contributed by atoms with Crippen LogP contribution in [0.2, 0.25) is 0 Å². The topological polar surface area (TPSA) is 29.4 Å². The second-order valence-electron chi connectivity index (χ2n) is 4.06. The molecule has 0 aliphatic carbocycles. The lowest BCUT2D eigenvalue weighted by molar-refractivity contribution is -0.112. The molecule has 0 atom stereocenters. The quantitative estimate of drug-likeness (QED) is 0.728. The zero-order valence-corrected chi connectivity index (χ0v) is 9.26. The number of para-hydroxylation sites is 1. The van der Waals surface area contributed by atoms with E-state index in [-0.39, 0.29) is 5.78 Å². The Hall–Kier alpha value is -2.22. The van der Waals surface area contributed by atoms with Gasteiger partial charge in [-0.25, -0.2) is 4.99 Å². The number of carbonyl (C=O) groups excluding carboxylic acids is 1. The Labute approximate surface area is 99.6 Å². The van der Waals surface area contributed by atoms with E-state index in [0.29, 0.717) is 12.1 Å². The number of aliphatic imine (C=N–C) groups is 1. The van der Waals surface area contributed by atoms with Crippen molar-refractivity contribution in [2.45, 2.75) is 6.42 Å².